The number of nitrogens with two attached hydrogens (primary N) is 1. The number of nitrogens with zero attached hydrogens (tertiary/aromatic N) is 5. The summed E-state index contributed by atoms with van der Waals surface area (Å²) in [6, 6.07) is 8.37. The Morgan fingerprint density at radius 1 is 1.14 bits per heavy atom. The number of Topliss-reactive ketones (excluding diaryl/α,β-unsaturated/α-hetero) is 1. The number of urea groups is 1. The smallest absolute Gasteiger partial charge is 0.318 e. The fourth-order valence-corrected chi connectivity index (χ4v) is 9.38. The molecule has 1 aromatic carbocycles. The third-order valence-electron chi connectivity index (χ3n) is 13.2. The Morgan fingerprint density at radius 2 is 1.92 bits per heavy atom. The van der Waals surface area contributed by atoms with Crippen LogP contribution in [-0.4, -0.2) is 115 Å². The van der Waals surface area contributed by atoms with E-state index in [1.54, 1.807) is 12.0 Å². The average Bonchev–Trinajstić information content (AvgIpc) is 3.58. The predicted molar refractivity (Wildman–Crippen MR) is 261 cm³/mol. The number of ketones is 1. The van der Waals surface area contributed by atoms with E-state index in [0.717, 1.165) is 109 Å². The molecule has 65 heavy (non-hydrogen) atoms. The first-order valence-electron chi connectivity index (χ1n) is 24.1. The fraction of sp³-hybridized carbons (Fsp3) is 0.627. The van der Waals surface area contributed by atoms with Gasteiger partial charge in [-0.25, -0.2) is 4.79 Å². The zero-order chi connectivity index (χ0) is 47.1. The van der Waals surface area contributed by atoms with Crippen molar-refractivity contribution in [3.8, 4) is 11.3 Å². The molecule has 3 aromatic rings. The lowest BCUT2D eigenvalue weighted by Gasteiger charge is -2.34. The highest BCUT2D eigenvalue weighted by Crippen LogP contribution is 2.42. The van der Waals surface area contributed by atoms with Crippen LogP contribution in [0.25, 0.3) is 27.9 Å². The first kappa shape index (κ1) is 51.5. The number of allylic oxidation sites excluding steroid dienone is 1. The summed E-state index contributed by atoms with van der Waals surface area (Å²) in [5, 5.41) is 4.23. The standard InChI is InChI=1S/C51H78N8O6/c1-10-17-40(48(46(61)19-13-14-22-54-52)56-50(62)58-24-16-25-58)36(5)55-44(11-2)39-20-21-45-41(29-39)43(30-51(7,8)33-65-34-60)49(59(45)12-3)42-28-38(31-53-47(42)37(6)63-9)18-15-23-57-26-27-64-32-35(57)4/h11,20-21,28-29,31,34-35,37,40,48,54H,10,12-19,22-27,30,32-33,52H2,1-9H3,(H,56,62)/b44-11-,55-36?. The Morgan fingerprint density at radius 3 is 2.57 bits per heavy atom. The van der Waals surface area contributed by atoms with Crippen LogP contribution < -0.4 is 16.6 Å². The molecule has 0 radical (unpaired) electrons. The summed E-state index contributed by atoms with van der Waals surface area (Å²) in [6.45, 7) is 23.8. The topological polar surface area (TPSA) is 166 Å². The van der Waals surface area contributed by atoms with Gasteiger partial charge in [0, 0.05) is 97.6 Å². The van der Waals surface area contributed by atoms with Gasteiger partial charge in [-0.3, -0.25) is 35.7 Å². The number of hydrazine groups is 1. The minimum Gasteiger partial charge on any atom is -0.467 e. The Hall–Kier alpha value is -4.47. The molecule has 4 heterocycles. The van der Waals surface area contributed by atoms with Crippen LogP contribution in [0.5, 0.6) is 0 Å². The lowest BCUT2D eigenvalue weighted by Crippen LogP contribution is -2.55. The van der Waals surface area contributed by atoms with Gasteiger partial charge in [0.1, 0.15) is 0 Å². The molecule has 2 amide bonds. The van der Waals surface area contributed by atoms with Gasteiger partial charge in [-0.05, 0) is 115 Å². The van der Waals surface area contributed by atoms with Crippen molar-refractivity contribution in [2.75, 3.05) is 59.7 Å². The molecule has 4 atom stereocenters. The number of unbranched alkanes of at least 4 members (excludes halogenated alkanes) is 1. The zero-order valence-corrected chi connectivity index (χ0v) is 40.8. The maximum absolute atomic E-state index is 14.0. The third kappa shape index (κ3) is 13.3. The van der Waals surface area contributed by atoms with Crippen molar-refractivity contribution >= 4 is 40.6 Å². The molecule has 14 nitrogen and oxygen atoms in total. The van der Waals surface area contributed by atoms with Crippen molar-refractivity contribution in [1.29, 1.82) is 0 Å². The van der Waals surface area contributed by atoms with E-state index in [2.05, 4.69) is 79.1 Å². The Labute approximate surface area is 388 Å². The highest BCUT2D eigenvalue weighted by Gasteiger charge is 2.34. The molecule has 5 rings (SSSR count). The fourth-order valence-electron chi connectivity index (χ4n) is 9.38. The molecule has 0 bridgehead atoms. The summed E-state index contributed by atoms with van der Waals surface area (Å²) in [6.07, 6.45) is 10.5. The monoisotopic (exact) mass is 899 g/mol. The summed E-state index contributed by atoms with van der Waals surface area (Å²) in [7, 11) is 1.72. The number of ether oxygens (including phenoxy) is 3. The van der Waals surface area contributed by atoms with Gasteiger partial charge in [0.15, 0.2) is 5.78 Å². The maximum atomic E-state index is 14.0. The van der Waals surface area contributed by atoms with Crippen LogP contribution in [0.4, 0.5) is 4.79 Å². The Bertz CT molecular complexity index is 2110. The van der Waals surface area contributed by atoms with Gasteiger partial charge < -0.3 is 29.0 Å². The van der Waals surface area contributed by atoms with Crippen LogP contribution >= 0.6 is 0 Å². The normalized spacial score (nSPS) is 17.8. The van der Waals surface area contributed by atoms with Crippen molar-refractivity contribution in [3.05, 3.63) is 58.9 Å². The lowest BCUT2D eigenvalue weighted by molar-refractivity contribution is -0.131. The first-order valence-corrected chi connectivity index (χ1v) is 24.1. The van der Waals surface area contributed by atoms with Gasteiger partial charge in [-0.15, -0.1) is 0 Å². The quantitative estimate of drug-likeness (QED) is 0.0236. The second kappa shape index (κ2) is 24.9. The van der Waals surface area contributed by atoms with E-state index < -0.39 is 11.5 Å². The number of amides is 2. The van der Waals surface area contributed by atoms with Crippen molar-refractivity contribution in [3.63, 3.8) is 0 Å². The Balaban J connectivity index is 1.61. The molecule has 0 saturated carbocycles. The van der Waals surface area contributed by atoms with Crippen LogP contribution in [0.1, 0.15) is 129 Å². The number of aliphatic imine (C=N–C) groups is 1. The number of aryl methyl sites for hydroxylation is 2. The number of hydrogen-bond donors (Lipinski definition) is 3. The molecule has 2 aromatic heterocycles. The number of carbonyl (C=O) groups is 3. The number of aromatic nitrogens is 2. The summed E-state index contributed by atoms with van der Waals surface area (Å²) in [4.78, 5) is 53.6. The molecule has 14 heteroatoms. The van der Waals surface area contributed by atoms with Crippen molar-refractivity contribution in [1.82, 2.24) is 30.1 Å². The van der Waals surface area contributed by atoms with Crippen LogP contribution in [0.2, 0.25) is 0 Å². The molecule has 0 aliphatic carbocycles. The average molecular weight is 899 g/mol. The SMILES string of the molecule is C/C=C(\N=C(C)C(CCC)C(NC(=O)N1CCC1)C(=O)CCCCNN)c1ccc2c(c1)c(CC(C)(C)COC=O)c(-c1cc(CCCN3CCOCC3C)cnc1C(C)OC)n2CC. The zero-order valence-electron chi connectivity index (χ0n) is 40.8. The number of morpholine rings is 1. The number of methoxy groups -OCH3 is 1. The molecule has 2 aliphatic rings. The molecule has 2 saturated heterocycles. The number of nitrogens with one attached hydrogen (secondary N) is 2. The summed E-state index contributed by atoms with van der Waals surface area (Å²) in [5.74, 6) is 5.23. The van der Waals surface area contributed by atoms with Crippen molar-refractivity contribution in [2.24, 2.45) is 22.2 Å². The van der Waals surface area contributed by atoms with E-state index in [9.17, 15) is 14.4 Å². The number of benzene rings is 1. The van der Waals surface area contributed by atoms with Crippen molar-refractivity contribution < 1.29 is 28.6 Å². The molecule has 2 fully saturated rings. The molecule has 4 unspecified atom stereocenters. The first-order chi connectivity index (χ1) is 31.3. The number of likely N-dealkylation sites (tertiary alicyclic amines) is 1. The minimum absolute atomic E-state index is 0.0130. The highest BCUT2D eigenvalue weighted by molar-refractivity contribution is 5.99. The molecule has 358 valence electrons. The second-order valence-electron chi connectivity index (χ2n) is 18.7. The predicted octanol–water partition coefficient (Wildman–Crippen LogP) is 8.05. The van der Waals surface area contributed by atoms with Gasteiger partial charge in [0.2, 0.25) is 0 Å². The molecule has 0 spiro atoms. The van der Waals surface area contributed by atoms with Gasteiger partial charge >= 0.3 is 6.03 Å². The summed E-state index contributed by atoms with van der Waals surface area (Å²) >= 11 is 0. The molecular formula is C51H78N8O6. The maximum Gasteiger partial charge on any atom is 0.318 e. The highest BCUT2D eigenvalue weighted by atomic mass is 16.5. The second-order valence-corrected chi connectivity index (χ2v) is 18.7. The Kier molecular flexibility index (Phi) is 19.7. The number of fused-ring (bicyclic) bond motifs is 1. The van der Waals surface area contributed by atoms with Gasteiger partial charge in [0.05, 0.1) is 49.1 Å². The van der Waals surface area contributed by atoms with Crippen LogP contribution in [0, 0.1) is 11.3 Å². The number of carbonyl (C=O) groups excluding carboxylic acids is 3. The van der Waals surface area contributed by atoms with Crippen molar-refractivity contribution in [2.45, 2.75) is 138 Å². The number of hydrogen-bond acceptors (Lipinski definition) is 11. The van der Waals surface area contributed by atoms with E-state index in [0.29, 0.717) is 64.4 Å². The summed E-state index contributed by atoms with van der Waals surface area (Å²) < 4.78 is 19.5. The molecular weight excluding hydrogens is 821 g/mol. The lowest BCUT2D eigenvalue weighted by atomic mass is 9.84. The van der Waals surface area contributed by atoms with Gasteiger partial charge in [-0.1, -0.05) is 39.3 Å². The van der Waals surface area contributed by atoms with Gasteiger partial charge in [-0.2, -0.15) is 0 Å². The van der Waals surface area contributed by atoms with E-state index in [1.165, 1.54) is 5.56 Å². The van der Waals surface area contributed by atoms with E-state index >= 15 is 0 Å². The largest absolute Gasteiger partial charge is 0.467 e. The third-order valence-corrected chi connectivity index (χ3v) is 13.2. The van der Waals surface area contributed by atoms with E-state index in [1.807, 2.05) is 33.0 Å². The minimum atomic E-state index is -0.697. The number of pyridine rings is 1. The molecule has 2 aliphatic heterocycles. The van der Waals surface area contributed by atoms with Crippen LogP contribution in [0.3, 0.4) is 0 Å². The summed E-state index contributed by atoms with van der Waals surface area (Å²) in [5.41, 5.74) is 11.2. The van der Waals surface area contributed by atoms with Crippen LogP contribution in [0.15, 0.2) is 41.5 Å². The van der Waals surface area contributed by atoms with E-state index in [-0.39, 0.29) is 30.4 Å². The van der Waals surface area contributed by atoms with Gasteiger partial charge in [0.25, 0.3) is 6.47 Å². The van der Waals surface area contributed by atoms with E-state index in [4.69, 9.17) is 30.0 Å². The van der Waals surface area contributed by atoms with Crippen LogP contribution in [-0.2, 0) is 43.2 Å². The number of rotatable bonds is 26. The molecule has 4 N–H and O–H groups in total.